The van der Waals surface area contributed by atoms with E-state index in [9.17, 15) is 0 Å². The third-order valence-electron chi connectivity index (χ3n) is 5.46. The lowest BCUT2D eigenvalue weighted by Gasteiger charge is -2.18. The minimum Gasteiger partial charge on any atom is -0.576 e. The lowest BCUT2D eigenvalue weighted by molar-refractivity contribution is 0.311. The van der Waals surface area contributed by atoms with Crippen molar-refractivity contribution in [2.75, 3.05) is 0 Å². The molecule has 0 unspecified atom stereocenters. The molecule has 7 heteroatoms. The third-order valence-corrected chi connectivity index (χ3v) is 6.80. The fourth-order valence-corrected chi connectivity index (χ4v) is 5.23. The van der Waals surface area contributed by atoms with Crippen LogP contribution in [-0.2, 0) is 0 Å². The van der Waals surface area contributed by atoms with Gasteiger partial charge in [0.15, 0.2) is 0 Å². The molecule has 6 rings (SSSR count). The second-order valence-corrected chi connectivity index (χ2v) is 8.92. The molecule has 0 bridgehead atoms. The van der Waals surface area contributed by atoms with Crippen LogP contribution >= 0.6 is 0 Å². The standard InChI is InChI=1S/3C9H7NO.CH4.Al/c3*11-8-5-1-3-7-4-2-6-10-9(7)8;;/h3*1-6,11H;1H4;/q;;;;+3/p-3. The first kappa shape index (κ1) is 22.6. The molecule has 3 aromatic heterocycles. The van der Waals surface area contributed by atoms with Crippen molar-refractivity contribution in [2.24, 2.45) is 0 Å². The minimum absolute atomic E-state index is 0. The lowest BCUT2D eigenvalue weighted by atomic mass is 10.2. The predicted molar refractivity (Wildman–Crippen MR) is 140 cm³/mol. The molecule has 0 saturated carbocycles. The van der Waals surface area contributed by atoms with Gasteiger partial charge in [0.2, 0.25) is 0 Å². The summed E-state index contributed by atoms with van der Waals surface area (Å²) in [4.78, 5) is 13.5. The summed E-state index contributed by atoms with van der Waals surface area (Å²) < 4.78 is 19.2. The van der Waals surface area contributed by atoms with Crippen molar-refractivity contribution in [2.45, 2.75) is 7.43 Å². The molecule has 3 aromatic carbocycles. The molecule has 0 amide bonds. The summed E-state index contributed by atoms with van der Waals surface area (Å²) in [6, 6.07) is 29.1. The van der Waals surface area contributed by atoms with E-state index < -0.39 is 15.1 Å². The SMILES string of the molecule is C.c1cnc2c([O][Al]([O]c3cccc4cccnc34)[O]c3cccc4cccnc34)cccc2c1. The van der Waals surface area contributed by atoms with Gasteiger partial charge in [-0.3, -0.25) is 15.0 Å². The quantitative estimate of drug-likeness (QED) is 0.257. The molecule has 170 valence electrons. The summed E-state index contributed by atoms with van der Waals surface area (Å²) in [6.07, 6.45) is 5.24. The summed E-state index contributed by atoms with van der Waals surface area (Å²) >= 11 is -2.86. The van der Waals surface area contributed by atoms with E-state index in [1.165, 1.54) is 0 Å². The van der Waals surface area contributed by atoms with E-state index in [1.807, 2.05) is 91.0 Å². The zero-order valence-electron chi connectivity index (χ0n) is 18.0. The molecule has 3 heterocycles. The highest BCUT2D eigenvalue weighted by molar-refractivity contribution is 6.40. The van der Waals surface area contributed by atoms with Gasteiger partial charge in [-0.05, 0) is 36.4 Å². The second-order valence-electron chi connectivity index (χ2n) is 7.64. The van der Waals surface area contributed by atoms with Gasteiger partial charge >= 0.3 is 15.1 Å². The van der Waals surface area contributed by atoms with Crippen LogP contribution in [0.1, 0.15) is 7.43 Å². The van der Waals surface area contributed by atoms with Crippen LogP contribution in [0.3, 0.4) is 0 Å². The van der Waals surface area contributed by atoms with E-state index in [0.717, 1.165) is 32.7 Å². The molecule has 6 nitrogen and oxygen atoms in total. The zero-order valence-corrected chi connectivity index (χ0v) is 19.2. The highest BCUT2D eigenvalue weighted by Crippen LogP contribution is 2.29. The van der Waals surface area contributed by atoms with Crippen molar-refractivity contribution >= 4 is 47.9 Å². The summed E-state index contributed by atoms with van der Waals surface area (Å²) in [5.41, 5.74) is 2.25. The van der Waals surface area contributed by atoms with E-state index in [1.54, 1.807) is 18.6 Å². The molecule has 0 radical (unpaired) electrons. The van der Waals surface area contributed by atoms with Gasteiger partial charge in [0.25, 0.3) is 0 Å². The van der Waals surface area contributed by atoms with E-state index >= 15 is 0 Å². The molecule has 35 heavy (non-hydrogen) atoms. The summed E-state index contributed by atoms with van der Waals surface area (Å²) in [5.74, 6) is 1.82. The van der Waals surface area contributed by atoms with Crippen molar-refractivity contribution in [3.63, 3.8) is 0 Å². The van der Waals surface area contributed by atoms with Crippen molar-refractivity contribution in [1.82, 2.24) is 15.0 Å². The maximum absolute atomic E-state index is 6.41. The van der Waals surface area contributed by atoms with Gasteiger partial charge in [0.05, 0.1) is 0 Å². The normalized spacial score (nSPS) is 10.6. The largest absolute Gasteiger partial charge is 1.20 e. The molecule has 0 aliphatic carbocycles. The van der Waals surface area contributed by atoms with Gasteiger partial charge in [-0.1, -0.05) is 62.0 Å². The van der Waals surface area contributed by atoms with Crippen LogP contribution < -0.4 is 11.4 Å². The van der Waals surface area contributed by atoms with Crippen molar-refractivity contribution in [3.05, 3.63) is 110 Å². The molecule has 0 spiro atoms. The molecule has 0 fully saturated rings. The Kier molecular flexibility index (Phi) is 6.45. The number of hydrogen-bond acceptors (Lipinski definition) is 6. The van der Waals surface area contributed by atoms with Crippen LogP contribution in [-0.4, -0.2) is 30.1 Å². The summed E-state index contributed by atoms with van der Waals surface area (Å²) in [6.45, 7) is 0. The average molecular weight is 475 g/mol. The Hall–Kier alpha value is -4.18. The Labute approximate surface area is 208 Å². The van der Waals surface area contributed by atoms with Gasteiger partial charge < -0.3 is 11.4 Å². The van der Waals surface area contributed by atoms with Crippen LogP contribution in [0.5, 0.6) is 17.2 Å². The van der Waals surface area contributed by atoms with Gasteiger partial charge in [-0.2, -0.15) is 0 Å². The molecule has 0 saturated heterocycles. The van der Waals surface area contributed by atoms with Crippen LogP contribution in [0.4, 0.5) is 0 Å². The van der Waals surface area contributed by atoms with Gasteiger partial charge in [-0.15, -0.1) is 0 Å². The number of aromatic nitrogens is 3. The van der Waals surface area contributed by atoms with Gasteiger partial charge in [0.1, 0.15) is 33.8 Å². The predicted octanol–water partition coefficient (Wildman–Crippen LogP) is 6.49. The van der Waals surface area contributed by atoms with Gasteiger partial charge in [-0.25, -0.2) is 0 Å². The molecule has 0 atom stereocenters. The fourth-order valence-electron chi connectivity index (χ4n) is 3.90. The first-order valence-electron chi connectivity index (χ1n) is 10.9. The van der Waals surface area contributed by atoms with Crippen LogP contribution in [0.25, 0.3) is 32.7 Å². The molecular weight excluding hydrogens is 453 g/mol. The van der Waals surface area contributed by atoms with Gasteiger partial charge in [0, 0.05) is 34.7 Å². The highest BCUT2D eigenvalue weighted by atomic mass is 27.3. The number of hydrogen-bond donors (Lipinski definition) is 0. The van der Waals surface area contributed by atoms with Crippen LogP contribution in [0.15, 0.2) is 110 Å². The fraction of sp³-hybridized carbons (Fsp3) is 0.0357. The molecule has 0 N–H and O–H groups in total. The van der Waals surface area contributed by atoms with E-state index in [-0.39, 0.29) is 7.43 Å². The molecule has 0 aliphatic rings. The minimum atomic E-state index is -2.86. The monoisotopic (exact) mass is 475 g/mol. The number of pyridine rings is 3. The highest BCUT2D eigenvalue weighted by Gasteiger charge is 2.45. The Morgan fingerprint density at radius 3 is 1.09 bits per heavy atom. The number of nitrogens with zero attached hydrogens (tertiary/aromatic N) is 3. The Bertz CT molecular complexity index is 1420. The Morgan fingerprint density at radius 1 is 0.429 bits per heavy atom. The lowest BCUT2D eigenvalue weighted by Crippen LogP contribution is -2.37. The summed E-state index contributed by atoms with van der Waals surface area (Å²) in [7, 11) is 0. The first-order valence-corrected chi connectivity index (χ1v) is 12.3. The number of fused-ring (bicyclic) bond motifs is 3. The smallest absolute Gasteiger partial charge is 0.576 e. The number of para-hydroxylation sites is 3. The average Bonchev–Trinajstić information content (AvgIpc) is 2.89. The molecule has 0 aliphatic heterocycles. The van der Waals surface area contributed by atoms with E-state index in [2.05, 4.69) is 15.0 Å². The number of benzene rings is 3. The Morgan fingerprint density at radius 2 is 0.743 bits per heavy atom. The molecular formula is C28H22AlN3O3. The maximum Gasteiger partial charge on any atom is 1.20 e. The topological polar surface area (TPSA) is 66.4 Å². The number of rotatable bonds is 6. The van der Waals surface area contributed by atoms with Crippen molar-refractivity contribution in [1.29, 1.82) is 0 Å². The maximum atomic E-state index is 6.41. The zero-order chi connectivity index (χ0) is 22.7. The van der Waals surface area contributed by atoms with Crippen molar-refractivity contribution < 1.29 is 11.4 Å². The van der Waals surface area contributed by atoms with Crippen LogP contribution in [0, 0.1) is 0 Å². The van der Waals surface area contributed by atoms with E-state index in [0.29, 0.717) is 17.2 Å². The first-order chi connectivity index (χ1) is 16.8. The van der Waals surface area contributed by atoms with E-state index in [4.69, 9.17) is 11.4 Å². The molecule has 6 aromatic rings. The summed E-state index contributed by atoms with van der Waals surface area (Å²) in [5, 5.41) is 2.93. The van der Waals surface area contributed by atoms with Crippen LogP contribution in [0.2, 0.25) is 0 Å². The third kappa shape index (κ3) is 4.60. The second kappa shape index (κ2) is 9.98. The van der Waals surface area contributed by atoms with Crippen molar-refractivity contribution in [3.8, 4) is 17.2 Å². The Balaban J connectivity index is 0.00000253.